The zero-order valence-corrected chi connectivity index (χ0v) is 13.5. The molecule has 6 nitrogen and oxygen atoms in total. The Morgan fingerprint density at radius 1 is 1.35 bits per heavy atom. The van der Waals surface area contributed by atoms with E-state index in [0.29, 0.717) is 11.6 Å². The van der Waals surface area contributed by atoms with Gasteiger partial charge < -0.3 is 14.6 Å². The van der Waals surface area contributed by atoms with Gasteiger partial charge in [-0.3, -0.25) is 4.79 Å². The molecule has 23 heavy (non-hydrogen) atoms. The van der Waals surface area contributed by atoms with Crippen LogP contribution in [0.15, 0.2) is 34.9 Å². The Balaban J connectivity index is 1.94. The van der Waals surface area contributed by atoms with E-state index in [1.165, 1.54) is 6.07 Å². The van der Waals surface area contributed by atoms with E-state index in [2.05, 4.69) is 24.3 Å². The van der Waals surface area contributed by atoms with Gasteiger partial charge in [0.15, 0.2) is 6.61 Å². The predicted octanol–water partition coefficient (Wildman–Crippen LogP) is 3.29. The maximum Gasteiger partial charge on any atom is 0.377 e. The number of esters is 1. The highest BCUT2D eigenvalue weighted by atomic mass is 16.6. The second kappa shape index (κ2) is 7.58. The minimum atomic E-state index is -0.712. The van der Waals surface area contributed by atoms with Crippen LogP contribution in [0.25, 0.3) is 0 Å². The molecule has 1 heterocycles. The molecule has 1 amide bonds. The van der Waals surface area contributed by atoms with Crippen molar-refractivity contribution in [2.75, 3.05) is 11.9 Å². The molecule has 2 rings (SSSR count). The lowest BCUT2D eigenvalue weighted by Crippen LogP contribution is -2.21. The van der Waals surface area contributed by atoms with Crippen molar-refractivity contribution in [3.8, 4) is 0 Å². The van der Waals surface area contributed by atoms with Gasteiger partial charge >= 0.3 is 5.97 Å². The normalized spacial score (nSPS) is 11.8. The predicted molar refractivity (Wildman–Crippen MR) is 85.3 cm³/mol. The highest BCUT2D eigenvalue weighted by molar-refractivity contribution is 5.95. The third kappa shape index (κ3) is 4.42. The molecule has 1 aromatic heterocycles. The van der Waals surface area contributed by atoms with E-state index in [4.69, 9.17) is 9.26 Å². The van der Waals surface area contributed by atoms with E-state index >= 15 is 0 Å². The maximum absolute atomic E-state index is 12.0. The number of nitrogens with one attached hydrogen (secondary N) is 1. The third-order valence-electron chi connectivity index (χ3n) is 3.54. The molecular formula is C17H20N2O4. The molecule has 0 saturated heterocycles. The molecule has 122 valence electrons. The molecule has 0 saturated carbocycles. The minimum Gasteiger partial charge on any atom is -0.450 e. The fourth-order valence-electron chi connectivity index (χ4n) is 2.11. The number of benzene rings is 1. The van der Waals surface area contributed by atoms with Crippen molar-refractivity contribution < 1.29 is 18.8 Å². The van der Waals surface area contributed by atoms with E-state index < -0.39 is 11.9 Å². The Kier molecular flexibility index (Phi) is 5.51. The largest absolute Gasteiger partial charge is 0.450 e. The van der Waals surface area contributed by atoms with Crippen LogP contribution in [0.5, 0.6) is 0 Å². The lowest BCUT2D eigenvalue weighted by atomic mass is 9.97. The molecule has 0 bridgehead atoms. The third-order valence-corrected chi connectivity index (χ3v) is 3.54. The molecule has 6 heteroatoms. The van der Waals surface area contributed by atoms with Crippen LogP contribution < -0.4 is 5.32 Å². The van der Waals surface area contributed by atoms with E-state index in [9.17, 15) is 9.59 Å². The number of amides is 1. The smallest absolute Gasteiger partial charge is 0.377 e. The van der Waals surface area contributed by atoms with Crippen molar-refractivity contribution >= 4 is 17.6 Å². The number of hydrogen-bond donors (Lipinski definition) is 1. The van der Waals surface area contributed by atoms with Gasteiger partial charge in [-0.25, -0.2) is 4.79 Å². The molecule has 0 aliphatic heterocycles. The Hall–Kier alpha value is -2.63. The molecular weight excluding hydrogens is 296 g/mol. The van der Waals surface area contributed by atoms with Gasteiger partial charge in [0.25, 0.3) is 5.91 Å². The summed E-state index contributed by atoms with van der Waals surface area (Å²) in [5, 5.41) is 6.37. The standard InChI is InChI=1S/C17H20N2O4/c1-4-11(2)13-7-5-6-8-14(13)18-16(20)10-22-17(21)15-9-12(3)19-23-15/h5-9,11H,4,10H2,1-3H3,(H,18,20)/t11-/m0/s1. The summed E-state index contributed by atoms with van der Waals surface area (Å²) >= 11 is 0. The van der Waals surface area contributed by atoms with Crippen LogP contribution in [-0.4, -0.2) is 23.6 Å². The quantitative estimate of drug-likeness (QED) is 0.827. The highest BCUT2D eigenvalue weighted by Crippen LogP contribution is 2.26. The van der Waals surface area contributed by atoms with Crippen LogP contribution in [0, 0.1) is 6.92 Å². The van der Waals surface area contributed by atoms with Crippen molar-refractivity contribution in [3.05, 3.63) is 47.3 Å². The average Bonchev–Trinajstić information content (AvgIpc) is 2.99. The van der Waals surface area contributed by atoms with E-state index in [0.717, 1.165) is 17.7 Å². The summed E-state index contributed by atoms with van der Waals surface area (Å²) in [6, 6.07) is 9.06. The summed E-state index contributed by atoms with van der Waals surface area (Å²) in [7, 11) is 0. The topological polar surface area (TPSA) is 81.4 Å². The van der Waals surface area contributed by atoms with Gasteiger partial charge in [0.1, 0.15) is 0 Å². The number of nitrogens with zero attached hydrogens (tertiary/aromatic N) is 1. The summed E-state index contributed by atoms with van der Waals surface area (Å²) in [5.74, 6) is -0.803. The number of aryl methyl sites for hydroxylation is 1. The Morgan fingerprint density at radius 3 is 2.74 bits per heavy atom. The van der Waals surface area contributed by atoms with Gasteiger partial charge in [-0.15, -0.1) is 0 Å². The first-order chi connectivity index (χ1) is 11.0. The zero-order chi connectivity index (χ0) is 16.8. The summed E-state index contributed by atoms with van der Waals surface area (Å²) in [4.78, 5) is 23.7. The molecule has 0 fully saturated rings. The van der Waals surface area contributed by atoms with Crippen LogP contribution in [0.1, 0.15) is 48.0 Å². The second-order valence-corrected chi connectivity index (χ2v) is 5.35. The van der Waals surface area contributed by atoms with E-state index in [1.54, 1.807) is 6.92 Å². The van der Waals surface area contributed by atoms with E-state index in [-0.39, 0.29) is 12.4 Å². The lowest BCUT2D eigenvalue weighted by Gasteiger charge is -2.15. The molecule has 0 aliphatic rings. The first-order valence-corrected chi connectivity index (χ1v) is 7.50. The van der Waals surface area contributed by atoms with Crippen molar-refractivity contribution in [2.45, 2.75) is 33.1 Å². The van der Waals surface area contributed by atoms with Gasteiger partial charge in [-0.2, -0.15) is 0 Å². The molecule has 2 aromatic rings. The van der Waals surface area contributed by atoms with Crippen LogP contribution >= 0.6 is 0 Å². The van der Waals surface area contributed by atoms with Gasteiger partial charge in [-0.1, -0.05) is 37.2 Å². The Labute approximate surface area is 134 Å². The van der Waals surface area contributed by atoms with Crippen LogP contribution in [0.2, 0.25) is 0 Å². The molecule has 0 aliphatic carbocycles. The summed E-state index contributed by atoms with van der Waals surface area (Å²) in [5.41, 5.74) is 2.36. The van der Waals surface area contributed by atoms with Gasteiger partial charge in [0.05, 0.1) is 5.69 Å². The van der Waals surface area contributed by atoms with Crippen molar-refractivity contribution in [3.63, 3.8) is 0 Å². The number of para-hydroxylation sites is 1. The Morgan fingerprint density at radius 2 is 2.09 bits per heavy atom. The van der Waals surface area contributed by atoms with Crippen molar-refractivity contribution in [1.82, 2.24) is 5.16 Å². The maximum atomic E-state index is 12.0. The molecule has 0 spiro atoms. The lowest BCUT2D eigenvalue weighted by molar-refractivity contribution is -0.119. The number of anilines is 1. The SMILES string of the molecule is CC[C@H](C)c1ccccc1NC(=O)COC(=O)c1cc(C)no1. The molecule has 1 aromatic carbocycles. The fourth-order valence-corrected chi connectivity index (χ4v) is 2.11. The second-order valence-electron chi connectivity index (χ2n) is 5.35. The number of ether oxygens (including phenoxy) is 1. The first-order valence-electron chi connectivity index (χ1n) is 7.50. The van der Waals surface area contributed by atoms with Crippen molar-refractivity contribution in [1.29, 1.82) is 0 Å². The van der Waals surface area contributed by atoms with Gasteiger partial charge in [0.2, 0.25) is 5.76 Å². The number of hydrogen-bond acceptors (Lipinski definition) is 5. The monoisotopic (exact) mass is 316 g/mol. The summed E-state index contributed by atoms with van der Waals surface area (Å²) in [6.45, 7) is 5.49. The molecule has 1 N–H and O–H groups in total. The molecule has 1 atom stereocenters. The summed E-state index contributed by atoms with van der Waals surface area (Å²) in [6.07, 6.45) is 0.965. The minimum absolute atomic E-state index is 0.0182. The summed E-state index contributed by atoms with van der Waals surface area (Å²) < 4.78 is 9.70. The highest BCUT2D eigenvalue weighted by Gasteiger charge is 2.16. The zero-order valence-electron chi connectivity index (χ0n) is 13.5. The molecule has 0 radical (unpaired) electrons. The fraction of sp³-hybridized carbons (Fsp3) is 0.353. The number of aromatic nitrogens is 1. The number of rotatable bonds is 6. The number of carbonyl (C=O) groups excluding carboxylic acids is 2. The van der Waals surface area contributed by atoms with Crippen LogP contribution in [0.4, 0.5) is 5.69 Å². The van der Waals surface area contributed by atoms with Crippen LogP contribution in [0.3, 0.4) is 0 Å². The van der Waals surface area contributed by atoms with Crippen molar-refractivity contribution in [2.24, 2.45) is 0 Å². The number of carbonyl (C=O) groups is 2. The Bertz CT molecular complexity index is 693. The van der Waals surface area contributed by atoms with Crippen LogP contribution in [-0.2, 0) is 9.53 Å². The average molecular weight is 316 g/mol. The van der Waals surface area contributed by atoms with E-state index in [1.807, 2.05) is 24.3 Å². The van der Waals surface area contributed by atoms with Gasteiger partial charge in [0, 0.05) is 11.8 Å². The molecule has 0 unspecified atom stereocenters. The van der Waals surface area contributed by atoms with Gasteiger partial charge in [-0.05, 0) is 30.9 Å². The first kappa shape index (κ1) is 16.7.